The number of rotatable bonds is 3. The molecule has 1 heterocycles. The molecule has 1 amide bonds. The molecule has 1 saturated heterocycles. The Labute approximate surface area is 109 Å². The van der Waals surface area contributed by atoms with Crippen LogP contribution in [0.15, 0.2) is 0 Å². The number of carbonyl (C=O) groups is 2. The fourth-order valence-electron chi connectivity index (χ4n) is 2.07. The van der Waals surface area contributed by atoms with Crippen molar-refractivity contribution in [2.75, 3.05) is 32.7 Å². The van der Waals surface area contributed by atoms with Crippen molar-refractivity contribution in [3.8, 4) is 0 Å². The van der Waals surface area contributed by atoms with Crippen molar-refractivity contribution < 1.29 is 14.7 Å². The summed E-state index contributed by atoms with van der Waals surface area (Å²) in [6.07, 6.45) is 0. The van der Waals surface area contributed by atoms with Gasteiger partial charge in [-0.25, -0.2) is 0 Å². The number of carboxylic acids is 1. The van der Waals surface area contributed by atoms with Crippen LogP contribution in [0.1, 0.15) is 27.7 Å². The molecule has 1 aliphatic heterocycles. The molecule has 1 unspecified atom stereocenters. The first kappa shape index (κ1) is 15.0. The van der Waals surface area contributed by atoms with Crippen LogP contribution in [0, 0.1) is 11.3 Å². The lowest BCUT2D eigenvalue weighted by Crippen LogP contribution is -2.52. The summed E-state index contributed by atoms with van der Waals surface area (Å²) < 4.78 is 0. The first-order chi connectivity index (χ1) is 8.21. The second kappa shape index (κ2) is 5.69. The summed E-state index contributed by atoms with van der Waals surface area (Å²) in [7, 11) is 0. The highest BCUT2D eigenvalue weighted by molar-refractivity contribution is 5.81. The van der Waals surface area contributed by atoms with Crippen LogP contribution in [0.3, 0.4) is 0 Å². The Morgan fingerprint density at radius 2 is 1.67 bits per heavy atom. The van der Waals surface area contributed by atoms with Crippen molar-refractivity contribution in [2.45, 2.75) is 27.7 Å². The molecule has 0 spiro atoms. The first-order valence-electron chi connectivity index (χ1n) is 6.46. The van der Waals surface area contributed by atoms with E-state index in [4.69, 9.17) is 5.11 Å². The van der Waals surface area contributed by atoms with Gasteiger partial charge in [-0.1, -0.05) is 27.7 Å². The molecular formula is C13H24N2O3. The van der Waals surface area contributed by atoms with E-state index < -0.39 is 5.97 Å². The number of aliphatic carboxylic acids is 1. The number of hydrogen-bond acceptors (Lipinski definition) is 3. The van der Waals surface area contributed by atoms with Crippen molar-refractivity contribution in [1.82, 2.24) is 9.80 Å². The number of carbonyl (C=O) groups excluding carboxylic acids is 1. The summed E-state index contributed by atoms with van der Waals surface area (Å²) >= 11 is 0. The topological polar surface area (TPSA) is 60.9 Å². The molecule has 5 nitrogen and oxygen atoms in total. The van der Waals surface area contributed by atoms with Crippen molar-refractivity contribution >= 4 is 11.9 Å². The Hall–Kier alpha value is -1.10. The molecule has 18 heavy (non-hydrogen) atoms. The average molecular weight is 256 g/mol. The minimum absolute atomic E-state index is 0.174. The molecule has 1 aliphatic rings. The maximum absolute atomic E-state index is 12.1. The van der Waals surface area contributed by atoms with Crippen LogP contribution in [-0.4, -0.2) is 59.5 Å². The van der Waals surface area contributed by atoms with Crippen LogP contribution in [-0.2, 0) is 9.59 Å². The van der Waals surface area contributed by atoms with Crippen LogP contribution in [0.5, 0.6) is 0 Å². The van der Waals surface area contributed by atoms with Crippen LogP contribution in [0.4, 0.5) is 0 Å². The zero-order valence-corrected chi connectivity index (χ0v) is 11.8. The highest BCUT2D eigenvalue weighted by atomic mass is 16.4. The zero-order valence-electron chi connectivity index (χ0n) is 11.8. The van der Waals surface area contributed by atoms with E-state index in [1.807, 2.05) is 25.7 Å². The summed E-state index contributed by atoms with van der Waals surface area (Å²) in [5, 5.41) is 8.87. The summed E-state index contributed by atoms with van der Waals surface area (Å²) in [6.45, 7) is 11.0. The molecule has 1 N–H and O–H groups in total. The monoisotopic (exact) mass is 256 g/mol. The highest BCUT2D eigenvalue weighted by Crippen LogP contribution is 2.18. The lowest BCUT2D eigenvalue weighted by atomic mass is 9.94. The number of hydrogen-bond donors (Lipinski definition) is 1. The summed E-state index contributed by atoms with van der Waals surface area (Å²) in [4.78, 5) is 26.8. The molecule has 1 rings (SSSR count). The largest absolute Gasteiger partial charge is 0.481 e. The van der Waals surface area contributed by atoms with Crippen molar-refractivity contribution in [1.29, 1.82) is 0 Å². The third-order valence-electron chi connectivity index (χ3n) is 3.25. The average Bonchev–Trinajstić information content (AvgIpc) is 2.27. The van der Waals surface area contributed by atoms with Crippen molar-refractivity contribution in [2.24, 2.45) is 11.3 Å². The van der Waals surface area contributed by atoms with Gasteiger partial charge in [-0.05, 0) is 0 Å². The van der Waals surface area contributed by atoms with Gasteiger partial charge in [0.2, 0.25) is 5.91 Å². The molecule has 0 bridgehead atoms. The summed E-state index contributed by atoms with van der Waals surface area (Å²) in [5.41, 5.74) is -0.337. The molecule has 104 valence electrons. The number of piperazine rings is 1. The van der Waals surface area contributed by atoms with Crippen LogP contribution in [0.25, 0.3) is 0 Å². The fraction of sp³-hybridized carbons (Fsp3) is 0.846. The van der Waals surface area contributed by atoms with E-state index in [0.717, 1.165) is 13.1 Å². The molecule has 0 aromatic carbocycles. The highest BCUT2D eigenvalue weighted by Gasteiger charge is 2.30. The maximum Gasteiger partial charge on any atom is 0.307 e. The minimum atomic E-state index is -0.761. The summed E-state index contributed by atoms with van der Waals surface area (Å²) in [6, 6.07) is 0. The van der Waals surface area contributed by atoms with Gasteiger partial charge in [0.05, 0.1) is 5.92 Å². The third-order valence-corrected chi connectivity index (χ3v) is 3.25. The van der Waals surface area contributed by atoms with Gasteiger partial charge in [-0.3, -0.25) is 14.5 Å². The molecule has 0 aromatic rings. The second-order valence-corrected chi connectivity index (χ2v) is 6.08. The van der Waals surface area contributed by atoms with Gasteiger partial charge in [-0.15, -0.1) is 0 Å². The Morgan fingerprint density at radius 1 is 1.17 bits per heavy atom. The SMILES string of the molecule is CC(CN1CCN(C(=O)C(C)(C)C)CC1)C(=O)O. The van der Waals surface area contributed by atoms with Gasteiger partial charge < -0.3 is 10.0 Å². The number of carboxylic acid groups (broad SMARTS) is 1. The van der Waals surface area contributed by atoms with Gasteiger partial charge in [-0.2, -0.15) is 0 Å². The molecule has 0 aromatic heterocycles. The smallest absolute Gasteiger partial charge is 0.307 e. The van der Waals surface area contributed by atoms with Gasteiger partial charge in [0.25, 0.3) is 0 Å². The molecule has 0 aliphatic carbocycles. The lowest BCUT2D eigenvalue weighted by Gasteiger charge is -2.38. The van der Waals surface area contributed by atoms with Gasteiger partial charge in [0.15, 0.2) is 0 Å². The predicted molar refractivity (Wildman–Crippen MR) is 69.3 cm³/mol. The van der Waals surface area contributed by atoms with Crippen LogP contribution < -0.4 is 0 Å². The standard InChI is InChI=1S/C13H24N2O3/c1-10(11(16)17)9-14-5-7-15(8-6-14)12(18)13(2,3)4/h10H,5-9H2,1-4H3,(H,16,17). The fourth-order valence-corrected chi connectivity index (χ4v) is 2.07. The number of nitrogens with zero attached hydrogens (tertiary/aromatic N) is 2. The normalized spacial score (nSPS) is 19.7. The van der Waals surface area contributed by atoms with Gasteiger partial charge in [0, 0.05) is 38.1 Å². The molecule has 1 atom stereocenters. The summed E-state index contributed by atoms with van der Waals surface area (Å²) in [5.74, 6) is -0.938. The Balaban J connectivity index is 2.42. The zero-order chi connectivity index (χ0) is 13.9. The van der Waals surface area contributed by atoms with E-state index >= 15 is 0 Å². The molecule has 1 fully saturated rings. The predicted octanol–water partition coefficient (Wildman–Crippen LogP) is 0.897. The van der Waals surface area contributed by atoms with E-state index in [-0.39, 0.29) is 17.2 Å². The Bertz CT molecular complexity index is 315. The van der Waals surface area contributed by atoms with Gasteiger partial charge >= 0.3 is 5.97 Å². The van der Waals surface area contributed by atoms with Gasteiger partial charge in [0.1, 0.15) is 0 Å². The molecule has 0 radical (unpaired) electrons. The van der Waals surface area contributed by atoms with E-state index in [9.17, 15) is 9.59 Å². The van der Waals surface area contributed by atoms with Crippen molar-refractivity contribution in [3.63, 3.8) is 0 Å². The molecule has 0 saturated carbocycles. The molecular weight excluding hydrogens is 232 g/mol. The lowest BCUT2D eigenvalue weighted by molar-refractivity contribution is -0.144. The Morgan fingerprint density at radius 3 is 2.06 bits per heavy atom. The minimum Gasteiger partial charge on any atom is -0.481 e. The maximum atomic E-state index is 12.1. The second-order valence-electron chi connectivity index (χ2n) is 6.08. The Kier molecular flexibility index (Phi) is 4.73. The van der Waals surface area contributed by atoms with E-state index in [1.54, 1.807) is 6.92 Å². The quantitative estimate of drug-likeness (QED) is 0.815. The van der Waals surface area contributed by atoms with E-state index in [0.29, 0.717) is 19.6 Å². The van der Waals surface area contributed by atoms with E-state index in [2.05, 4.69) is 4.90 Å². The van der Waals surface area contributed by atoms with Crippen molar-refractivity contribution in [3.05, 3.63) is 0 Å². The van der Waals surface area contributed by atoms with Crippen LogP contribution in [0.2, 0.25) is 0 Å². The first-order valence-corrected chi connectivity index (χ1v) is 6.46. The van der Waals surface area contributed by atoms with Crippen LogP contribution >= 0.6 is 0 Å². The number of amides is 1. The third kappa shape index (κ3) is 3.98. The molecule has 5 heteroatoms. The van der Waals surface area contributed by atoms with E-state index in [1.165, 1.54) is 0 Å².